The summed E-state index contributed by atoms with van der Waals surface area (Å²) in [6.07, 6.45) is 6.40. The van der Waals surface area contributed by atoms with E-state index in [1.807, 2.05) is 23.1 Å². The van der Waals surface area contributed by atoms with Gasteiger partial charge in [-0.2, -0.15) is 0 Å². The lowest BCUT2D eigenvalue weighted by molar-refractivity contribution is -0.137. The molecule has 8 heteroatoms. The van der Waals surface area contributed by atoms with Crippen LogP contribution in [-0.2, 0) is 27.8 Å². The van der Waals surface area contributed by atoms with Crippen molar-refractivity contribution >= 4 is 17.7 Å². The number of nitrogens with one attached hydrogen (secondary N) is 1. The van der Waals surface area contributed by atoms with E-state index in [0.717, 1.165) is 67.2 Å². The summed E-state index contributed by atoms with van der Waals surface area (Å²) in [5.41, 5.74) is 3.18. The van der Waals surface area contributed by atoms with E-state index >= 15 is 0 Å². The van der Waals surface area contributed by atoms with Gasteiger partial charge in [0.25, 0.3) is 0 Å². The van der Waals surface area contributed by atoms with Gasteiger partial charge in [-0.15, -0.1) is 0 Å². The lowest BCUT2D eigenvalue weighted by Gasteiger charge is -2.42. The van der Waals surface area contributed by atoms with Crippen LogP contribution in [0, 0.1) is 0 Å². The van der Waals surface area contributed by atoms with E-state index in [4.69, 9.17) is 19.6 Å². The number of fused-ring (bicyclic) bond motifs is 2. The third-order valence-electron chi connectivity index (χ3n) is 7.65. The minimum Gasteiger partial charge on any atom is -0.481 e. The second-order valence-corrected chi connectivity index (χ2v) is 9.82. The number of aryl methyl sites for hydroxylation is 2. The fourth-order valence-corrected chi connectivity index (χ4v) is 5.57. The van der Waals surface area contributed by atoms with Gasteiger partial charge in [0.1, 0.15) is 5.82 Å². The first kappa shape index (κ1) is 23.5. The zero-order valence-corrected chi connectivity index (χ0v) is 20.1. The summed E-state index contributed by atoms with van der Waals surface area (Å²) in [5, 5.41) is 12.5. The summed E-state index contributed by atoms with van der Waals surface area (Å²) in [7, 11) is 0. The van der Waals surface area contributed by atoms with Gasteiger partial charge in [0.2, 0.25) is 12.7 Å². The van der Waals surface area contributed by atoms with E-state index in [-0.39, 0.29) is 24.5 Å². The Morgan fingerprint density at radius 1 is 1.09 bits per heavy atom. The molecule has 2 N–H and O–H groups in total. The Labute approximate surface area is 205 Å². The largest absolute Gasteiger partial charge is 0.481 e. The second-order valence-electron chi connectivity index (χ2n) is 9.82. The van der Waals surface area contributed by atoms with E-state index in [1.54, 1.807) is 0 Å². The zero-order chi connectivity index (χ0) is 24.3. The number of anilines is 1. The highest BCUT2D eigenvalue weighted by Crippen LogP contribution is 2.44. The Morgan fingerprint density at radius 2 is 1.91 bits per heavy atom. The van der Waals surface area contributed by atoms with Crippen molar-refractivity contribution in [2.75, 3.05) is 31.7 Å². The van der Waals surface area contributed by atoms with Crippen molar-refractivity contribution in [3.8, 4) is 11.5 Å². The van der Waals surface area contributed by atoms with Crippen molar-refractivity contribution in [3.63, 3.8) is 0 Å². The number of amides is 1. The van der Waals surface area contributed by atoms with Gasteiger partial charge in [-0.05, 0) is 79.7 Å². The van der Waals surface area contributed by atoms with Crippen molar-refractivity contribution in [3.05, 3.63) is 47.2 Å². The minimum absolute atomic E-state index is 0.150. The average Bonchev–Trinajstić information content (AvgIpc) is 3.35. The first-order valence-electron chi connectivity index (χ1n) is 12.6. The number of hydrogen-bond donors (Lipinski definition) is 2. The molecule has 0 saturated carbocycles. The van der Waals surface area contributed by atoms with Gasteiger partial charge < -0.3 is 24.8 Å². The smallest absolute Gasteiger partial charge is 0.303 e. The molecule has 0 radical (unpaired) electrons. The molecule has 35 heavy (non-hydrogen) atoms. The van der Waals surface area contributed by atoms with Gasteiger partial charge >= 0.3 is 5.97 Å². The van der Waals surface area contributed by atoms with Crippen molar-refractivity contribution in [1.82, 2.24) is 9.88 Å². The second kappa shape index (κ2) is 10.1. The molecule has 1 fully saturated rings. The van der Waals surface area contributed by atoms with Crippen molar-refractivity contribution in [1.29, 1.82) is 0 Å². The van der Waals surface area contributed by atoms with Gasteiger partial charge in [0.05, 0.1) is 0 Å². The van der Waals surface area contributed by atoms with E-state index in [9.17, 15) is 9.59 Å². The summed E-state index contributed by atoms with van der Waals surface area (Å²) in [5.74, 6) is 1.83. The third kappa shape index (κ3) is 5.21. The lowest BCUT2D eigenvalue weighted by Crippen LogP contribution is -2.45. The van der Waals surface area contributed by atoms with Crippen LogP contribution in [0.25, 0.3) is 0 Å². The maximum absolute atomic E-state index is 13.0. The molecular formula is C27H33N3O5. The van der Waals surface area contributed by atoms with Crippen LogP contribution in [0.4, 0.5) is 5.82 Å². The molecule has 0 atom stereocenters. The number of carbonyl (C=O) groups is 2. The summed E-state index contributed by atoms with van der Waals surface area (Å²) >= 11 is 0. The Hall–Kier alpha value is -3.29. The van der Waals surface area contributed by atoms with Crippen LogP contribution in [0.3, 0.4) is 0 Å². The molecule has 2 aromatic rings. The first-order chi connectivity index (χ1) is 17.0. The Kier molecular flexibility index (Phi) is 6.79. The molecule has 0 spiro atoms. The highest BCUT2D eigenvalue weighted by atomic mass is 16.7. The minimum atomic E-state index is -0.774. The number of carboxylic acids is 1. The van der Waals surface area contributed by atoms with Gasteiger partial charge in [-0.25, -0.2) is 4.98 Å². The van der Waals surface area contributed by atoms with Crippen LogP contribution >= 0.6 is 0 Å². The number of rotatable bonds is 8. The molecule has 1 amide bonds. The van der Waals surface area contributed by atoms with E-state index in [0.29, 0.717) is 32.4 Å². The number of ether oxygens (including phenoxy) is 2. The van der Waals surface area contributed by atoms with Gasteiger partial charge in [-0.1, -0.05) is 12.1 Å². The molecule has 8 nitrogen and oxygen atoms in total. The van der Waals surface area contributed by atoms with Crippen LogP contribution in [0.5, 0.6) is 11.5 Å². The number of hydrogen-bond acceptors (Lipinski definition) is 6. The molecule has 4 heterocycles. The molecule has 3 aliphatic heterocycles. The fraction of sp³-hybridized carbons (Fsp3) is 0.519. The van der Waals surface area contributed by atoms with Crippen LogP contribution in [0.15, 0.2) is 30.3 Å². The first-order valence-corrected chi connectivity index (χ1v) is 12.6. The van der Waals surface area contributed by atoms with E-state index in [2.05, 4.69) is 17.4 Å². The molecule has 186 valence electrons. The molecular weight excluding hydrogens is 446 g/mol. The molecule has 0 bridgehead atoms. The monoisotopic (exact) mass is 479 g/mol. The maximum atomic E-state index is 13.0. The predicted molar refractivity (Wildman–Crippen MR) is 131 cm³/mol. The maximum Gasteiger partial charge on any atom is 0.303 e. The Bertz CT molecular complexity index is 1090. The molecule has 0 unspecified atom stereocenters. The van der Waals surface area contributed by atoms with Crippen LogP contribution in [-0.4, -0.2) is 53.3 Å². The zero-order valence-electron chi connectivity index (χ0n) is 20.1. The summed E-state index contributed by atoms with van der Waals surface area (Å²) < 4.78 is 11.1. The number of piperidine rings is 1. The van der Waals surface area contributed by atoms with E-state index in [1.165, 1.54) is 5.56 Å². The standard InChI is InChI=1S/C27H33N3O5/c31-24(10-8-21-7-5-19-3-2-14-28-26(19)29-21)30-15-12-27(13-16-30,11-1-4-25(32)33)20-6-9-22-23(17-20)35-18-34-22/h5-7,9,17H,1-4,8,10-16,18H2,(H,28,29)(H,32,33). The topological polar surface area (TPSA) is 101 Å². The van der Waals surface area contributed by atoms with Crippen molar-refractivity contribution in [2.45, 2.75) is 63.2 Å². The normalized spacial score (nSPS) is 18.0. The highest BCUT2D eigenvalue weighted by molar-refractivity contribution is 5.76. The SMILES string of the molecule is O=C(O)CCCC1(c2ccc3c(c2)OCO3)CCN(C(=O)CCc2ccc3c(n2)NCCC3)CC1. The molecule has 1 aromatic heterocycles. The Morgan fingerprint density at radius 3 is 2.74 bits per heavy atom. The average molecular weight is 480 g/mol. The fourth-order valence-electron chi connectivity index (χ4n) is 5.57. The lowest BCUT2D eigenvalue weighted by atomic mass is 9.69. The van der Waals surface area contributed by atoms with Crippen LogP contribution in [0.2, 0.25) is 0 Å². The van der Waals surface area contributed by atoms with Crippen LogP contribution < -0.4 is 14.8 Å². The van der Waals surface area contributed by atoms with Gasteiger partial charge in [-0.3, -0.25) is 9.59 Å². The molecule has 5 rings (SSSR count). The summed E-state index contributed by atoms with van der Waals surface area (Å²) in [6, 6.07) is 10.2. The number of carbonyl (C=O) groups excluding carboxylic acids is 1. The number of pyridine rings is 1. The summed E-state index contributed by atoms with van der Waals surface area (Å²) in [6.45, 7) is 2.51. The quantitative estimate of drug-likeness (QED) is 0.592. The molecule has 1 saturated heterocycles. The van der Waals surface area contributed by atoms with Gasteiger partial charge in [0, 0.05) is 38.2 Å². The molecule has 3 aliphatic rings. The van der Waals surface area contributed by atoms with E-state index < -0.39 is 5.97 Å². The third-order valence-corrected chi connectivity index (χ3v) is 7.65. The van der Waals surface area contributed by atoms with Crippen LogP contribution in [0.1, 0.15) is 61.8 Å². The highest BCUT2D eigenvalue weighted by Gasteiger charge is 2.38. The summed E-state index contributed by atoms with van der Waals surface area (Å²) in [4.78, 5) is 30.9. The van der Waals surface area contributed by atoms with Gasteiger partial charge in [0.15, 0.2) is 11.5 Å². The number of aromatic nitrogens is 1. The number of aliphatic carboxylic acids is 1. The number of benzene rings is 1. The number of carboxylic acid groups (broad SMARTS) is 1. The Balaban J connectivity index is 1.22. The van der Waals surface area contributed by atoms with Crippen molar-refractivity contribution in [2.24, 2.45) is 0 Å². The number of nitrogens with zero attached hydrogens (tertiary/aromatic N) is 2. The molecule has 0 aliphatic carbocycles. The van der Waals surface area contributed by atoms with Crippen molar-refractivity contribution < 1.29 is 24.2 Å². The molecule has 1 aromatic carbocycles. The number of likely N-dealkylation sites (tertiary alicyclic amines) is 1. The predicted octanol–water partition coefficient (Wildman–Crippen LogP) is 3.92.